The van der Waals surface area contributed by atoms with Gasteiger partial charge in [-0.2, -0.15) is 0 Å². The first-order valence-corrected chi connectivity index (χ1v) is 7.43. The maximum atomic E-state index is 4.52. The highest BCUT2D eigenvalue weighted by molar-refractivity contribution is 5.30. The lowest BCUT2D eigenvalue weighted by Crippen LogP contribution is -2.30. The van der Waals surface area contributed by atoms with Crippen LogP contribution in [0.3, 0.4) is 0 Å². The Labute approximate surface area is 120 Å². The zero-order valence-corrected chi connectivity index (χ0v) is 11.8. The number of benzene rings is 1. The van der Waals surface area contributed by atoms with Crippen molar-refractivity contribution in [1.29, 1.82) is 0 Å². The number of aryl methyl sites for hydroxylation is 2. The van der Waals surface area contributed by atoms with Crippen LogP contribution in [0.25, 0.3) is 0 Å². The monoisotopic (exact) mass is 266 g/mol. The largest absolute Gasteiger partial charge is 0.341 e. The molecule has 1 fully saturated rings. The molecule has 1 saturated heterocycles. The van der Waals surface area contributed by atoms with Crippen LogP contribution in [0.4, 0.5) is 5.95 Å². The molecule has 0 amide bonds. The van der Waals surface area contributed by atoms with E-state index in [2.05, 4.69) is 27.0 Å². The molecule has 1 aliphatic rings. The topological polar surface area (TPSA) is 29.0 Å². The summed E-state index contributed by atoms with van der Waals surface area (Å²) in [7, 11) is 0. The van der Waals surface area contributed by atoms with Gasteiger partial charge >= 0.3 is 0 Å². The highest BCUT2D eigenvalue weighted by Gasteiger charge is 2.12. The summed E-state index contributed by atoms with van der Waals surface area (Å²) in [6, 6.07) is 11.3. The van der Waals surface area contributed by atoms with Gasteiger partial charge in [-0.25, -0.2) is 9.97 Å². The summed E-state index contributed by atoms with van der Waals surface area (Å²) in [6.45, 7) is 2.19. The summed E-state index contributed by atoms with van der Waals surface area (Å²) in [4.78, 5) is 11.3. The van der Waals surface area contributed by atoms with Crippen LogP contribution < -0.4 is 4.90 Å². The third-order valence-corrected chi connectivity index (χ3v) is 3.80. The molecular weight excluding hydrogens is 246 g/mol. The molecule has 103 valence electrons. The highest BCUT2D eigenvalue weighted by atomic mass is 15.2. The first kappa shape index (κ1) is 13.1. The minimum atomic E-state index is 0.890. The normalized spacial score (nSPS) is 15.3. The van der Waals surface area contributed by atoms with Crippen LogP contribution in [-0.2, 0) is 12.8 Å². The fourth-order valence-electron chi connectivity index (χ4n) is 2.61. The number of hydrogen-bond acceptors (Lipinski definition) is 3. The van der Waals surface area contributed by atoms with Crippen molar-refractivity contribution in [2.45, 2.75) is 32.1 Å². The van der Waals surface area contributed by atoms with Gasteiger partial charge in [0.05, 0.1) is 0 Å². The molecule has 3 heteroatoms. The summed E-state index contributed by atoms with van der Waals surface area (Å²) in [5.74, 6) is 0.890. The van der Waals surface area contributed by atoms with Crippen molar-refractivity contribution in [3.05, 3.63) is 53.9 Å². The van der Waals surface area contributed by atoms with Crippen LogP contribution in [0.15, 0.2) is 36.7 Å². The summed E-state index contributed by atoms with van der Waals surface area (Å²) >= 11 is 0. The number of rotatable bonds is 4. The Bertz CT molecular complexity index is 516. The van der Waals surface area contributed by atoms with E-state index in [1.807, 2.05) is 30.6 Å². The van der Waals surface area contributed by atoms with E-state index < -0.39 is 0 Å². The lowest BCUT2D eigenvalue weighted by Gasteiger charge is -2.26. The van der Waals surface area contributed by atoms with Gasteiger partial charge in [0, 0.05) is 25.5 Å². The molecule has 0 saturated carbocycles. The van der Waals surface area contributed by atoms with Crippen molar-refractivity contribution in [3.8, 4) is 0 Å². The van der Waals surface area contributed by atoms with Crippen LogP contribution >= 0.6 is 0 Å². The summed E-state index contributed by atoms with van der Waals surface area (Å²) in [5.41, 5.74) is 2.52. The van der Waals surface area contributed by atoms with E-state index in [0.29, 0.717) is 0 Å². The number of piperidine rings is 1. The fourth-order valence-corrected chi connectivity index (χ4v) is 2.61. The van der Waals surface area contributed by atoms with Gasteiger partial charge in [0.15, 0.2) is 0 Å². The SMILES string of the molecule is [c]1cccc(CCc2cnc(N3CCCCC3)nc2)c1. The van der Waals surface area contributed by atoms with E-state index in [4.69, 9.17) is 0 Å². The van der Waals surface area contributed by atoms with Crippen LogP contribution in [0.5, 0.6) is 0 Å². The standard InChI is InChI=1S/C17H20N3/c1-3-7-15(8-4-1)9-10-16-13-18-17(19-14-16)20-11-5-2-6-12-20/h1,3,7-8,13-14H,2,5-6,9-12H2. The molecule has 0 aliphatic carbocycles. The molecule has 0 N–H and O–H groups in total. The molecule has 1 aliphatic heterocycles. The quantitative estimate of drug-likeness (QED) is 0.851. The Morgan fingerprint density at radius 3 is 2.45 bits per heavy atom. The molecule has 2 heterocycles. The molecule has 1 radical (unpaired) electrons. The van der Waals surface area contributed by atoms with Crippen molar-refractivity contribution in [3.63, 3.8) is 0 Å². The van der Waals surface area contributed by atoms with Gasteiger partial charge in [-0.05, 0) is 49.3 Å². The van der Waals surface area contributed by atoms with Gasteiger partial charge < -0.3 is 4.90 Å². The smallest absolute Gasteiger partial charge is 0.225 e. The molecule has 3 nitrogen and oxygen atoms in total. The number of anilines is 1. The minimum Gasteiger partial charge on any atom is -0.341 e. The fraction of sp³-hybridized carbons (Fsp3) is 0.412. The zero-order valence-electron chi connectivity index (χ0n) is 11.8. The van der Waals surface area contributed by atoms with Gasteiger partial charge in [0.1, 0.15) is 0 Å². The van der Waals surface area contributed by atoms with Crippen molar-refractivity contribution in [1.82, 2.24) is 9.97 Å². The third-order valence-electron chi connectivity index (χ3n) is 3.80. The van der Waals surface area contributed by atoms with Crippen molar-refractivity contribution in [2.24, 2.45) is 0 Å². The lowest BCUT2D eigenvalue weighted by molar-refractivity contribution is 0.568. The minimum absolute atomic E-state index is 0.890. The third kappa shape index (κ3) is 3.35. The maximum absolute atomic E-state index is 4.52. The molecule has 2 aromatic rings. The first-order valence-electron chi connectivity index (χ1n) is 7.43. The second kappa shape index (κ2) is 6.51. The lowest BCUT2D eigenvalue weighted by atomic mass is 10.1. The molecule has 0 unspecified atom stereocenters. The van der Waals surface area contributed by atoms with Gasteiger partial charge in [-0.15, -0.1) is 0 Å². The molecule has 0 bridgehead atoms. The second-order valence-electron chi connectivity index (χ2n) is 5.35. The second-order valence-corrected chi connectivity index (χ2v) is 5.35. The maximum Gasteiger partial charge on any atom is 0.225 e. The Kier molecular flexibility index (Phi) is 4.26. The molecule has 1 aromatic carbocycles. The van der Waals surface area contributed by atoms with Crippen LogP contribution in [0, 0.1) is 6.07 Å². The average molecular weight is 266 g/mol. The Balaban J connectivity index is 1.58. The van der Waals surface area contributed by atoms with E-state index in [1.54, 1.807) is 0 Å². The number of hydrogen-bond donors (Lipinski definition) is 0. The average Bonchev–Trinajstić information content (AvgIpc) is 2.55. The molecule has 0 spiro atoms. The molecule has 0 atom stereocenters. The Morgan fingerprint density at radius 1 is 1.00 bits per heavy atom. The van der Waals surface area contributed by atoms with Crippen molar-refractivity contribution in [2.75, 3.05) is 18.0 Å². The van der Waals surface area contributed by atoms with Crippen LogP contribution in [0.2, 0.25) is 0 Å². The first-order chi connectivity index (χ1) is 9.92. The van der Waals surface area contributed by atoms with Crippen molar-refractivity contribution >= 4 is 5.95 Å². The van der Waals surface area contributed by atoms with Crippen LogP contribution in [-0.4, -0.2) is 23.1 Å². The predicted octanol–water partition coefficient (Wildman–Crippen LogP) is 3.05. The highest BCUT2D eigenvalue weighted by Crippen LogP contribution is 2.15. The van der Waals surface area contributed by atoms with E-state index in [9.17, 15) is 0 Å². The Morgan fingerprint density at radius 2 is 1.75 bits per heavy atom. The van der Waals surface area contributed by atoms with E-state index in [-0.39, 0.29) is 0 Å². The van der Waals surface area contributed by atoms with Gasteiger partial charge in [-0.1, -0.05) is 24.3 Å². The van der Waals surface area contributed by atoms with Crippen molar-refractivity contribution < 1.29 is 0 Å². The van der Waals surface area contributed by atoms with Crippen LogP contribution in [0.1, 0.15) is 30.4 Å². The number of aromatic nitrogens is 2. The van der Waals surface area contributed by atoms with Gasteiger partial charge in [0.2, 0.25) is 5.95 Å². The van der Waals surface area contributed by atoms with E-state index in [1.165, 1.54) is 30.4 Å². The molecular formula is C17H20N3. The summed E-state index contributed by atoms with van der Waals surface area (Å²) in [6.07, 6.45) is 9.81. The van der Waals surface area contributed by atoms with Gasteiger partial charge in [-0.3, -0.25) is 0 Å². The predicted molar refractivity (Wildman–Crippen MR) is 80.8 cm³/mol. The summed E-state index contributed by atoms with van der Waals surface area (Å²) in [5, 5.41) is 0. The number of nitrogens with zero attached hydrogens (tertiary/aromatic N) is 3. The summed E-state index contributed by atoms with van der Waals surface area (Å²) < 4.78 is 0. The van der Waals surface area contributed by atoms with E-state index in [0.717, 1.165) is 31.9 Å². The van der Waals surface area contributed by atoms with Gasteiger partial charge in [0.25, 0.3) is 0 Å². The van der Waals surface area contributed by atoms with E-state index >= 15 is 0 Å². The molecule has 3 rings (SSSR count). The Hall–Kier alpha value is -1.90. The zero-order chi connectivity index (χ0) is 13.6. The molecule has 1 aromatic heterocycles. The molecule has 20 heavy (non-hydrogen) atoms.